The van der Waals surface area contributed by atoms with Crippen molar-refractivity contribution in [2.75, 3.05) is 31.3 Å². The molecule has 28 heavy (non-hydrogen) atoms. The van der Waals surface area contributed by atoms with Crippen LogP contribution in [-0.2, 0) is 24.2 Å². The molecule has 0 radical (unpaired) electrons. The van der Waals surface area contributed by atoms with Gasteiger partial charge >= 0.3 is 5.97 Å². The maximum atomic E-state index is 12.5. The highest BCUT2D eigenvalue weighted by atomic mass is 32.2. The monoisotopic (exact) mass is 411 g/mol. The molecule has 7 nitrogen and oxygen atoms in total. The second kappa shape index (κ2) is 10.5. The number of nitrogens with zero attached hydrogens (tertiary/aromatic N) is 1. The normalized spacial score (nSPS) is 17.9. The molecule has 1 aromatic carbocycles. The minimum absolute atomic E-state index is 0.0131. The lowest BCUT2D eigenvalue weighted by atomic mass is 10.2. The Morgan fingerprint density at radius 3 is 2.54 bits per heavy atom. The maximum absolute atomic E-state index is 12.5. The van der Waals surface area contributed by atoms with Crippen LogP contribution in [0.5, 0.6) is 5.75 Å². The third kappa shape index (κ3) is 7.14. The molecule has 0 N–H and O–H groups in total. The molecule has 0 aliphatic carbocycles. The fraction of sp³-hybridized carbons (Fsp3) is 0.600. The second-order valence-corrected chi connectivity index (χ2v) is 9.30. The van der Waals surface area contributed by atoms with E-state index in [4.69, 9.17) is 9.47 Å². The first-order chi connectivity index (χ1) is 13.3. The lowest BCUT2D eigenvalue weighted by Gasteiger charge is -2.28. The summed E-state index contributed by atoms with van der Waals surface area (Å²) in [6.07, 6.45) is 2.14. The number of amides is 1. The summed E-state index contributed by atoms with van der Waals surface area (Å²) in [6.45, 7) is 4.24. The fourth-order valence-electron chi connectivity index (χ4n) is 3.04. The topological polar surface area (TPSA) is 90.0 Å². The van der Waals surface area contributed by atoms with Crippen LogP contribution in [-0.4, -0.2) is 62.5 Å². The summed E-state index contributed by atoms with van der Waals surface area (Å²) >= 11 is 0. The van der Waals surface area contributed by atoms with Gasteiger partial charge < -0.3 is 14.4 Å². The van der Waals surface area contributed by atoms with Crippen molar-refractivity contribution in [3.8, 4) is 5.75 Å². The van der Waals surface area contributed by atoms with Crippen molar-refractivity contribution in [1.82, 2.24) is 4.90 Å². The molecule has 0 saturated carbocycles. The number of hydrogen-bond acceptors (Lipinski definition) is 6. The van der Waals surface area contributed by atoms with Crippen LogP contribution in [0.1, 0.15) is 38.2 Å². The van der Waals surface area contributed by atoms with Crippen LogP contribution in [0, 0.1) is 6.92 Å². The number of benzene rings is 1. The Labute approximate surface area is 166 Å². The van der Waals surface area contributed by atoms with Gasteiger partial charge in [0, 0.05) is 12.6 Å². The first-order valence-electron chi connectivity index (χ1n) is 9.65. The molecule has 156 valence electrons. The lowest BCUT2D eigenvalue weighted by molar-refractivity contribution is -0.153. The predicted molar refractivity (Wildman–Crippen MR) is 106 cm³/mol. The van der Waals surface area contributed by atoms with Crippen molar-refractivity contribution >= 4 is 21.7 Å². The predicted octanol–water partition coefficient (Wildman–Crippen LogP) is 2.12. The zero-order chi connectivity index (χ0) is 20.6. The number of esters is 1. The van der Waals surface area contributed by atoms with Gasteiger partial charge in [-0.15, -0.1) is 0 Å². The highest BCUT2D eigenvalue weighted by Crippen LogP contribution is 2.19. The van der Waals surface area contributed by atoms with E-state index in [1.165, 1.54) is 0 Å². The Morgan fingerprint density at radius 2 is 1.93 bits per heavy atom. The van der Waals surface area contributed by atoms with Crippen LogP contribution in [0.25, 0.3) is 0 Å². The second-order valence-electron chi connectivity index (χ2n) is 7.07. The molecule has 1 atom stereocenters. The molecule has 0 spiro atoms. The molecule has 1 unspecified atom stereocenters. The van der Waals surface area contributed by atoms with Crippen LogP contribution in [0.15, 0.2) is 24.3 Å². The molecule has 1 amide bonds. The van der Waals surface area contributed by atoms with Crippen LogP contribution in [0.3, 0.4) is 0 Å². The average Bonchev–Trinajstić information content (AvgIpc) is 3.01. The molecular formula is C20H29NO6S. The number of carbonyl (C=O) groups is 2. The minimum atomic E-state index is -3.09. The third-order valence-corrected chi connectivity index (χ3v) is 6.42. The van der Waals surface area contributed by atoms with E-state index < -0.39 is 15.8 Å². The summed E-state index contributed by atoms with van der Waals surface area (Å²) in [6, 6.07) is 7.16. The third-order valence-electron chi connectivity index (χ3n) is 4.67. The van der Waals surface area contributed by atoms with Crippen molar-refractivity contribution in [2.24, 2.45) is 0 Å². The Kier molecular flexibility index (Phi) is 8.29. The van der Waals surface area contributed by atoms with E-state index in [-0.39, 0.29) is 43.1 Å². The smallest absolute Gasteiger partial charge is 0.309 e. The molecule has 0 bridgehead atoms. The van der Waals surface area contributed by atoms with Crippen molar-refractivity contribution in [3.63, 3.8) is 0 Å². The van der Waals surface area contributed by atoms with Crippen molar-refractivity contribution in [1.29, 1.82) is 0 Å². The highest BCUT2D eigenvalue weighted by Gasteiger charge is 2.34. The summed E-state index contributed by atoms with van der Waals surface area (Å²) in [7, 11) is -3.09. The van der Waals surface area contributed by atoms with Gasteiger partial charge in [0.05, 0.1) is 24.5 Å². The summed E-state index contributed by atoms with van der Waals surface area (Å²) in [4.78, 5) is 25.9. The Bertz CT molecular complexity index is 759. The SMILES string of the molecule is CCCCN(C(=O)COC(=O)CCOc1ccc(C)cc1)C1CCS(=O)(=O)C1. The summed E-state index contributed by atoms with van der Waals surface area (Å²) < 4.78 is 34.0. The van der Waals surface area contributed by atoms with E-state index in [9.17, 15) is 18.0 Å². The largest absolute Gasteiger partial charge is 0.493 e. The van der Waals surface area contributed by atoms with Gasteiger partial charge in [0.1, 0.15) is 5.75 Å². The van der Waals surface area contributed by atoms with Gasteiger partial charge in [0.15, 0.2) is 16.4 Å². The molecule has 1 aliphatic heterocycles. The number of aryl methyl sites for hydroxylation is 1. The number of hydrogen-bond donors (Lipinski definition) is 0. The molecule has 1 aliphatic rings. The lowest BCUT2D eigenvalue weighted by Crippen LogP contribution is -2.43. The summed E-state index contributed by atoms with van der Waals surface area (Å²) in [5, 5.41) is 0. The van der Waals surface area contributed by atoms with E-state index in [0.29, 0.717) is 18.7 Å². The molecule has 0 aromatic heterocycles. The van der Waals surface area contributed by atoms with Gasteiger partial charge in [-0.2, -0.15) is 0 Å². The van der Waals surface area contributed by atoms with E-state index in [0.717, 1.165) is 18.4 Å². The van der Waals surface area contributed by atoms with Gasteiger partial charge in [-0.1, -0.05) is 31.0 Å². The van der Waals surface area contributed by atoms with E-state index in [1.54, 1.807) is 4.90 Å². The van der Waals surface area contributed by atoms with Crippen molar-refractivity contribution in [3.05, 3.63) is 29.8 Å². The van der Waals surface area contributed by atoms with Crippen LogP contribution >= 0.6 is 0 Å². The van der Waals surface area contributed by atoms with Crippen LogP contribution in [0.2, 0.25) is 0 Å². The number of ether oxygens (including phenoxy) is 2. The first kappa shape index (κ1) is 22.2. The highest BCUT2D eigenvalue weighted by molar-refractivity contribution is 7.91. The number of sulfone groups is 1. The molecule has 1 aromatic rings. The zero-order valence-electron chi connectivity index (χ0n) is 16.6. The van der Waals surface area contributed by atoms with E-state index in [1.807, 2.05) is 38.1 Å². The Balaban J connectivity index is 1.77. The Morgan fingerprint density at radius 1 is 1.21 bits per heavy atom. The molecule has 1 saturated heterocycles. The average molecular weight is 412 g/mol. The number of rotatable bonds is 10. The number of carbonyl (C=O) groups excluding carboxylic acids is 2. The Hall–Kier alpha value is -2.09. The molecular weight excluding hydrogens is 382 g/mol. The first-order valence-corrected chi connectivity index (χ1v) is 11.5. The van der Waals surface area contributed by atoms with Gasteiger partial charge in [0.25, 0.3) is 5.91 Å². The van der Waals surface area contributed by atoms with Gasteiger partial charge in [-0.25, -0.2) is 8.42 Å². The van der Waals surface area contributed by atoms with Crippen LogP contribution in [0.4, 0.5) is 0 Å². The quantitative estimate of drug-likeness (QED) is 0.548. The fourth-order valence-corrected chi connectivity index (χ4v) is 4.78. The van der Waals surface area contributed by atoms with Gasteiger partial charge in [-0.05, 0) is 31.9 Å². The maximum Gasteiger partial charge on any atom is 0.309 e. The standard InChI is InChI=1S/C20H29NO6S/c1-3-4-11-21(17-10-13-28(24,25)15-17)19(22)14-27-20(23)9-12-26-18-7-5-16(2)6-8-18/h5-8,17H,3-4,9-15H2,1-2H3. The number of unbranched alkanes of at least 4 members (excludes halogenated alkanes) is 1. The van der Waals surface area contributed by atoms with E-state index in [2.05, 4.69) is 0 Å². The molecule has 8 heteroatoms. The zero-order valence-corrected chi connectivity index (χ0v) is 17.4. The minimum Gasteiger partial charge on any atom is -0.493 e. The van der Waals surface area contributed by atoms with Gasteiger partial charge in [0.2, 0.25) is 0 Å². The van der Waals surface area contributed by atoms with Crippen molar-refractivity contribution < 1.29 is 27.5 Å². The summed E-state index contributed by atoms with van der Waals surface area (Å²) in [5.41, 5.74) is 1.12. The van der Waals surface area contributed by atoms with Gasteiger partial charge in [-0.3, -0.25) is 9.59 Å². The van der Waals surface area contributed by atoms with E-state index >= 15 is 0 Å². The molecule has 1 fully saturated rings. The molecule has 2 rings (SSSR count). The van der Waals surface area contributed by atoms with Crippen molar-refractivity contribution in [2.45, 2.75) is 45.6 Å². The summed E-state index contributed by atoms with van der Waals surface area (Å²) in [5.74, 6) is -0.106. The molecule has 1 heterocycles. The van der Waals surface area contributed by atoms with Crippen LogP contribution < -0.4 is 4.74 Å².